The highest BCUT2D eigenvalue weighted by atomic mass is 79.9. The molecule has 0 atom stereocenters. The van der Waals surface area contributed by atoms with Gasteiger partial charge in [0.1, 0.15) is 17.5 Å². The van der Waals surface area contributed by atoms with E-state index in [1.54, 1.807) is 0 Å². The smallest absolute Gasteiger partial charge is 0.149 e. The molecule has 0 bridgehead atoms. The van der Waals surface area contributed by atoms with Gasteiger partial charge in [-0.15, -0.1) is 0 Å². The molecule has 2 aromatic rings. The maximum absolute atomic E-state index is 13.7. The van der Waals surface area contributed by atoms with Gasteiger partial charge in [-0.2, -0.15) is 0 Å². The van der Waals surface area contributed by atoms with Crippen molar-refractivity contribution in [3.8, 4) is 11.1 Å². The van der Waals surface area contributed by atoms with Gasteiger partial charge in [-0.05, 0) is 18.2 Å². The van der Waals surface area contributed by atoms with Crippen LogP contribution in [0.2, 0.25) is 5.02 Å². The number of halogens is 5. The lowest BCUT2D eigenvalue weighted by Crippen LogP contribution is -1.94. The normalized spacial score (nSPS) is 10.6. The Hall–Kier alpha value is -1.00. The molecule has 0 unspecified atom stereocenters. The van der Waals surface area contributed by atoms with Crippen molar-refractivity contribution in [1.82, 2.24) is 0 Å². The first kappa shape index (κ1) is 12.5. The van der Waals surface area contributed by atoms with Crippen LogP contribution in [0.25, 0.3) is 11.1 Å². The molecule has 0 saturated heterocycles. The highest BCUT2D eigenvalue weighted by Crippen LogP contribution is 2.33. The average Bonchev–Trinajstić information content (AvgIpc) is 2.23. The van der Waals surface area contributed by atoms with Gasteiger partial charge in [0.25, 0.3) is 0 Å². The fourth-order valence-corrected chi connectivity index (χ4v) is 2.07. The Morgan fingerprint density at radius 1 is 1.00 bits per heavy atom. The van der Waals surface area contributed by atoms with E-state index in [2.05, 4.69) is 15.9 Å². The van der Waals surface area contributed by atoms with Gasteiger partial charge in [-0.25, -0.2) is 13.2 Å². The van der Waals surface area contributed by atoms with Crippen LogP contribution in [-0.2, 0) is 0 Å². The van der Waals surface area contributed by atoms with Gasteiger partial charge in [-0.3, -0.25) is 0 Å². The predicted molar refractivity (Wildman–Crippen MR) is 64.5 cm³/mol. The second-order valence-electron chi connectivity index (χ2n) is 3.35. The summed E-state index contributed by atoms with van der Waals surface area (Å²) >= 11 is 8.52. The van der Waals surface area contributed by atoms with Crippen LogP contribution in [0.15, 0.2) is 34.8 Å². The van der Waals surface area contributed by atoms with Gasteiger partial charge in [0.15, 0.2) is 0 Å². The van der Waals surface area contributed by atoms with Crippen molar-refractivity contribution in [2.45, 2.75) is 0 Å². The summed E-state index contributed by atoms with van der Waals surface area (Å²) in [6, 6.07) is 6.16. The van der Waals surface area contributed by atoms with Crippen LogP contribution in [0, 0.1) is 17.5 Å². The molecule has 0 aliphatic rings. The quantitative estimate of drug-likeness (QED) is 0.678. The van der Waals surface area contributed by atoms with Crippen LogP contribution in [0.5, 0.6) is 0 Å². The number of hydrogen-bond donors (Lipinski definition) is 0. The molecule has 5 heteroatoms. The van der Waals surface area contributed by atoms with Crippen LogP contribution in [0.3, 0.4) is 0 Å². The summed E-state index contributed by atoms with van der Waals surface area (Å²) in [7, 11) is 0. The topological polar surface area (TPSA) is 0 Å². The molecule has 0 nitrogen and oxygen atoms in total. The zero-order valence-electron chi connectivity index (χ0n) is 8.28. The van der Waals surface area contributed by atoms with Crippen LogP contribution < -0.4 is 0 Å². The fourth-order valence-electron chi connectivity index (χ4n) is 1.50. The van der Waals surface area contributed by atoms with Crippen molar-refractivity contribution < 1.29 is 13.2 Å². The van der Waals surface area contributed by atoms with E-state index in [0.29, 0.717) is 0 Å². The Labute approximate surface area is 109 Å². The number of rotatable bonds is 1. The minimum Gasteiger partial charge on any atom is -0.206 e. The van der Waals surface area contributed by atoms with Crippen molar-refractivity contribution in [2.24, 2.45) is 0 Å². The first-order valence-electron chi connectivity index (χ1n) is 4.59. The lowest BCUT2D eigenvalue weighted by Gasteiger charge is -2.08. The van der Waals surface area contributed by atoms with Crippen molar-refractivity contribution in [2.75, 3.05) is 0 Å². The van der Waals surface area contributed by atoms with E-state index in [9.17, 15) is 13.2 Å². The zero-order chi connectivity index (χ0) is 12.6. The van der Waals surface area contributed by atoms with Gasteiger partial charge < -0.3 is 0 Å². The molecular formula is C12H5BrClF3. The Balaban J connectivity index is 2.73. The third-order valence-corrected chi connectivity index (χ3v) is 2.98. The molecule has 88 valence electrons. The molecule has 0 radical (unpaired) electrons. The zero-order valence-corrected chi connectivity index (χ0v) is 10.6. The van der Waals surface area contributed by atoms with E-state index >= 15 is 0 Å². The lowest BCUT2D eigenvalue weighted by molar-refractivity contribution is 0.581. The summed E-state index contributed by atoms with van der Waals surface area (Å²) in [5, 5.41) is -0.177. The van der Waals surface area contributed by atoms with E-state index in [-0.39, 0.29) is 15.1 Å². The highest BCUT2D eigenvalue weighted by molar-refractivity contribution is 9.10. The van der Waals surface area contributed by atoms with E-state index in [4.69, 9.17) is 11.6 Å². The summed E-state index contributed by atoms with van der Waals surface area (Å²) in [6.07, 6.45) is 0. The first-order valence-corrected chi connectivity index (χ1v) is 5.76. The molecule has 0 saturated carbocycles. The fraction of sp³-hybridized carbons (Fsp3) is 0. The highest BCUT2D eigenvalue weighted by Gasteiger charge is 2.17. The van der Waals surface area contributed by atoms with E-state index in [0.717, 1.165) is 12.1 Å². The van der Waals surface area contributed by atoms with Crippen LogP contribution in [-0.4, -0.2) is 0 Å². The van der Waals surface area contributed by atoms with Gasteiger partial charge in [0, 0.05) is 10.0 Å². The Kier molecular flexibility index (Phi) is 3.45. The summed E-state index contributed by atoms with van der Waals surface area (Å²) in [4.78, 5) is 0. The second-order valence-corrected chi connectivity index (χ2v) is 4.67. The molecule has 17 heavy (non-hydrogen) atoms. The van der Waals surface area contributed by atoms with Crippen molar-refractivity contribution in [3.63, 3.8) is 0 Å². The molecule has 0 heterocycles. The molecule has 0 aromatic heterocycles. The monoisotopic (exact) mass is 320 g/mol. The lowest BCUT2D eigenvalue weighted by atomic mass is 10.0. The van der Waals surface area contributed by atoms with Gasteiger partial charge in [0.2, 0.25) is 0 Å². The maximum atomic E-state index is 13.7. The Morgan fingerprint density at radius 2 is 1.59 bits per heavy atom. The van der Waals surface area contributed by atoms with Crippen LogP contribution in [0.1, 0.15) is 0 Å². The summed E-state index contributed by atoms with van der Waals surface area (Å²) < 4.78 is 41.2. The summed E-state index contributed by atoms with van der Waals surface area (Å²) in [5.41, 5.74) is -0.617. The second kappa shape index (κ2) is 4.70. The van der Waals surface area contributed by atoms with E-state index in [1.807, 2.05) is 0 Å². The summed E-state index contributed by atoms with van der Waals surface area (Å²) in [5.74, 6) is -2.54. The molecule has 2 rings (SSSR count). The maximum Gasteiger partial charge on any atom is 0.149 e. The molecule has 0 amide bonds. The van der Waals surface area contributed by atoms with Crippen molar-refractivity contribution >= 4 is 27.5 Å². The minimum absolute atomic E-state index is 0.177. The Morgan fingerprint density at radius 3 is 2.18 bits per heavy atom. The number of benzene rings is 2. The van der Waals surface area contributed by atoms with Gasteiger partial charge in [0.05, 0.1) is 10.6 Å². The molecule has 2 aromatic carbocycles. The SMILES string of the molecule is Fc1cc(Br)cc(F)c1-c1cccc(Cl)c1F. The molecule has 0 spiro atoms. The van der Waals surface area contributed by atoms with Crippen molar-refractivity contribution in [3.05, 3.63) is 57.3 Å². The van der Waals surface area contributed by atoms with Crippen LogP contribution >= 0.6 is 27.5 Å². The predicted octanol–water partition coefficient (Wildman–Crippen LogP) is 5.19. The standard InChI is InChI=1S/C12H5BrClF3/c13-6-4-9(15)11(10(16)5-6)7-2-1-3-8(14)12(7)17/h1-5H. The van der Waals surface area contributed by atoms with Crippen molar-refractivity contribution in [1.29, 1.82) is 0 Å². The molecule has 0 fully saturated rings. The van der Waals surface area contributed by atoms with Gasteiger partial charge >= 0.3 is 0 Å². The number of hydrogen-bond acceptors (Lipinski definition) is 0. The molecule has 0 aliphatic carbocycles. The van der Waals surface area contributed by atoms with E-state index in [1.165, 1.54) is 18.2 Å². The summed E-state index contributed by atoms with van der Waals surface area (Å²) in [6.45, 7) is 0. The molecular weight excluding hydrogens is 316 g/mol. The Bertz CT molecular complexity index is 561. The average molecular weight is 322 g/mol. The molecule has 0 aliphatic heterocycles. The van der Waals surface area contributed by atoms with Gasteiger partial charge in [-0.1, -0.05) is 39.7 Å². The molecule has 0 N–H and O–H groups in total. The van der Waals surface area contributed by atoms with Crippen LogP contribution in [0.4, 0.5) is 13.2 Å². The largest absolute Gasteiger partial charge is 0.206 e. The minimum atomic E-state index is -0.849. The third-order valence-electron chi connectivity index (χ3n) is 2.23. The first-order chi connectivity index (χ1) is 8.00. The third kappa shape index (κ3) is 2.33. The van der Waals surface area contributed by atoms with E-state index < -0.39 is 23.0 Å².